The molecule has 5 rings (SSSR count). The van der Waals surface area contributed by atoms with Gasteiger partial charge in [0.2, 0.25) is 5.91 Å². The van der Waals surface area contributed by atoms with Crippen LogP contribution in [0, 0.1) is 29.1 Å². The molecule has 1 aliphatic heterocycles. The number of allylic oxidation sites excluding steroid dienone is 1. The molecule has 0 unspecified atom stereocenters. The third kappa shape index (κ3) is 8.72. The number of carbonyl (C=O) groups excluding carboxylic acids is 3. The highest BCUT2D eigenvalue weighted by atomic mass is 35.5. The maximum atomic E-state index is 14.7. The van der Waals surface area contributed by atoms with Gasteiger partial charge >= 0.3 is 12.1 Å². The molecule has 0 spiro atoms. The minimum Gasteiger partial charge on any atom is -0.497 e. The normalized spacial score (nSPS) is 26.5. The molecule has 12 heteroatoms. The molecular formula is C39H55ClN4O7. The monoisotopic (exact) mass is 726 g/mol. The van der Waals surface area contributed by atoms with Crippen molar-refractivity contribution in [1.82, 2.24) is 20.2 Å². The number of unbranched alkanes of at least 4 members (excludes halogenated alkanes) is 1. The molecule has 3 aliphatic rings. The van der Waals surface area contributed by atoms with E-state index >= 15 is 0 Å². The van der Waals surface area contributed by atoms with Gasteiger partial charge in [0, 0.05) is 12.0 Å². The number of fused-ring (bicyclic) bond motifs is 3. The van der Waals surface area contributed by atoms with Crippen molar-refractivity contribution in [3.05, 3.63) is 36.0 Å². The second-order valence-electron chi connectivity index (χ2n) is 16.4. The predicted molar refractivity (Wildman–Crippen MR) is 196 cm³/mol. The lowest BCUT2D eigenvalue weighted by atomic mass is 9.83. The van der Waals surface area contributed by atoms with Crippen molar-refractivity contribution in [2.75, 3.05) is 13.7 Å². The fraction of sp³-hybridized carbons (Fsp3) is 0.667. The highest BCUT2D eigenvalue weighted by molar-refractivity contribution is 6.31. The minimum atomic E-state index is -1.000. The van der Waals surface area contributed by atoms with Crippen molar-refractivity contribution >= 4 is 40.6 Å². The highest BCUT2D eigenvalue weighted by Gasteiger charge is 2.53. The van der Waals surface area contributed by atoms with E-state index in [1.54, 1.807) is 46.1 Å². The van der Waals surface area contributed by atoms with Gasteiger partial charge in [-0.15, -0.1) is 6.58 Å². The number of rotatable bonds is 12. The summed E-state index contributed by atoms with van der Waals surface area (Å²) in [6.45, 7) is 16.8. The Morgan fingerprint density at radius 1 is 1.08 bits per heavy atom. The van der Waals surface area contributed by atoms with Crippen molar-refractivity contribution in [2.24, 2.45) is 29.1 Å². The Morgan fingerprint density at radius 3 is 2.45 bits per heavy atom. The van der Waals surface area contributed by atoms with E-state index in [1.807, 2.05) is 33.8 Å². The Bertz CT molecular complexity index is 1600. The molecule has 8 atom stereocenters. The quantitative estimate of drug-likeness (QED) is 0.134. The number of hydrogen-bond acceptors (Lipinski definition) is 9. The smallest absolute Gasteiger partial charge is 0.408 e. The molecule has 2 aliphatic carbocycles. The van der Waals surface area contributed by atoms with Gasteiger partial charge in [-0.3, -0.25) is 4.79 Å². The summed E-state index contributed by atoms with van der Waals surface area (Å²) in [5.41, 5.74) is -0.442. The Hall–Kier alpha value is -3.60. The average Bonchev–Trinajstić information content (AvgIpc) is 3.76. The van der Waals surface area contributed by atoms with Gasteiger partial charge in [0.15, 0.2) is 5.15 Å². The maximum Gasteiger partial charge on any atom is 0.408 e. The van der Waals surface area contributed by atoms with Gasteiger partial charge in [-0.05, 0) is 101 Å². The Balaban J connectivity index is 1.41. The Labute approximate surface area is 307 Å². The van der Waals surface area contributed by atoms with E-state index in [-0.39, 0.29) is 23.7 Å². The molecule has 0 radical (unpaired) electrons. The molecule has 51 heavy (non-hydrogen) atoms. The van der Waals surface area contributed by atoms with Crippen LogP contribution < -0.4 is 14.8 Å². The lowest BCUT2D eigenvalue weighted by Gasteiger charge is -2.37. The fourth-order valence-electron chi connectivity index (χ4n) is 8.25. The Morgan fingerprint density at radius 2 is 1.80 bits per heavy atom. The average molecular weight is 727 g/mol. The first-order chi connectivity index (χ1) is 24.0. The van der Waals surface area contributed by atoms with E-state index in [2.05, 4.69) is 21.9 Å². The third-order valence-electron chi connectivity index (χ3n) is 10.6. The number of hydrogen-bond donors (Lipinski definition) is 1. The molecule has 2 amide bonds. The number of nitrogens with one attached hydrogen (secondary N) is 1. The van der Waals surface area contributed by atoms with Gasteiger partial charge < -0.3 is 29.2 Å². The zero-order valence-electron chi connectivity index (χ0n) is 31.4. The van der Waals surface area contributed by atoms with Gasteiger partial charge in [0.05, 0.1) is 24.7 Å². The van der Waals surface area contributed by atoms with E-state index in [1.165, 1.54) is 11.3 Å². The second kappa shape index (κ2) is 15.6. The summed E-state index contributed by atoms with van der Waals surface area (Å²) in [5.74, 6) is 0.445. The first-order valence-corrected chi connectivity index (χ1v) is 18.7. The van der Waals surface area contributed by atoms with Crippen LogP contribution in [0.2, 0.25) is 5.15 Å². The molecular weight excluding hydrogens is 672 g/mol. The van der Waals surface area contributed by atoms with E-state index in [9.17, 15) is 14.4 Å². The molecule has 280 valence electrons. The molecule has 1 aromatic heterocycles. The first kappa shape index (κ1) is 38.6. The maximum absolute atomic E-state index is 14.7. The van der Waals surface area contributed by atoms with Crippen LogP contribution in [0.5, 0.6) is 11.6 Å². The highest BCUT2D eigenvalue weighted by Crippen LogP contribution is 2.51. The molecule has 2 aromatic rings. The summed E-state index contributed by atoms with van der Waals surface area (Å²) in [5, 5.41) is 2.99. The van der Waals surface area contributed by atoms with Crippen molar-refractivity contribution in [3.63, 3.8) is 0 Å². The minimum absolute atomic E-state index is 0.0382. The van der Waals surface area contributed by atoms with Crippen molar-refractivity contribution in [2.45, 2.75) is 123 Å². The van der Waals surface area contributed by atoms with Gasteiger partial charge in [0.1, 0.15) is 35.6 Å². The summed E-state index contributed by atoms with van der Waals surface area (Å²) < 4.78 is 23.8. The number of halogens is 1. The number of esters is 1. The zero-order chi connectivity index (χ0) is 37.2. The molecule has 2 heterocycles. The number of amides is 2. The third-order valence-corrected chi connectivity index (χ3v) is 10.9. The summed E-state index contributed by atoms with van der Waals surface area (Å²) in [6.07, 6.45) is 7.15. The van der Waals surface area contributed by atoms with Gasteiger partial charge in [-0.2, -0.15) is 0 Å². The number of nitrogens with zero attached hydrogens (tertiary/aromatic N) is 3. The Kier molecular flexibility index (Phi) is 11.8. The molecule has 1 aromatic carbocycles. The van der Waals surface area contributed by atoms with Crippen LogP contribution in [0.3, 0.4) is 0 Å². The van der Waals surface area contributed by atoms with Crippen LogP contribution in [0.4, 0.5) is 4.79 Å². The van der Waals surface area contributed by atoms with Crippen molar-refractivity contribution in [3.8, 4) is 11.6 Å². The zero-order valence-corrected chi connectivity index (χ0v) is 32.1. The molecule has 3 fully saturated rings. The molecule has 2 saturated carbocycles. The largest absolute Gasteiger partial charge is 0.497 e. The molecule has 2 bridgehead atoms. The SMILES string of the molecule is C=CCCC[C@H]1[C@H]2CC[C@H](C2)[C@@H]1OC(=O)N[C@H](C(=O)N1C[C@H](Oc2nc3cc(OC)ccc3nc2Cl)[C@@H](CC)[C@H]1C(=O)OC(C)(C)C)C(C)(C)C. The van der Waals surface area contributed by atoms with Gasteiger partial charge in [-0.25, -0.2) is 19.6 Å². The summed E-state index contributed by atoms with van der Waals surface area (Å²) in [6, 6.07) is 3.27. The van der Waals surface area contributed by atoms with Crippen LogP contribution in [0.15, 0.2) is 30.9 Å². The number of ether oxygens (including phenoxy) is 4. The predicted octanol–water partition coefficient (Wildman–Crippen LogP) is 7.53. The summed E-state index contributed by atoms with van der Waals surface area (Å²) in [7, 11) is 1.56. The second-order valence-corrected chi connectivity index (χ2v) is 16.8. The van der Waals surface area contributed by atoms with Crippen LogP contribution >= 0.6 is 11.6 Å². The lowest BCUT2D eigenvalue weighted by Crippen LogP contribution is -2.58. The topological polar surface area (TPSA) is 129 Å². The van der Waals surface area contributed by atoms with Gasteiger partial charge in [0.25, 0.3) is 5.88 Å². The van der Waals surface area contributed by atoms with E-state index in [4.69, 9.17) is 30.5 Å². The molecule has 1 N–H and O–H groups in total. The molecule has 1 saturated heterocycles. The summed E-state index contributed by atoms with van der Waals surface area (Å²) >= 11 is 6.57. The fourth-order valence-corrected chi connectivity index (χ4v) is 8.43. The number of aromatic nitrogens is 2. The molecule has 11 nitrogen and oxygen atoms in total. The lowest BCUT2D eigenvalue weighted by molar-refractivity contribution is -0.165. The van der Waals surface area contributed by atoms with E-state index in [0.717, 1.165) is 32.1 Å². The van der Waals surface area contributed by atoms with Crippen LogP contribution in [-0.2, 0) is 19.1 Å². The van der Waals surface area contributed by atoms with Gasteiger partial charge in [-0.1, -0.05) is 45.4 Å². The van der Waals surface area contributed by atoms with Crippen LogP contribution in [-0.4, -0.2) is 76.4 Å². The number of likely N-dealkylation sites (tertiary alicyclic amines) is 1. The van der Waals surface area contributed by atoms with Crippen LogP contribution in [0.25, 0.3) is 11.0 Å². The van der Waals surface area contributed by atoms with E-state index in [0.29, 0.717) is 41.0 Å². The summed E-state index contributed by atoms with van der Waals surface area (Å²) in [4.78, 5) is 52.9. The number of benzene rings is 1. The van der Waals surface area contributed by atoms with Crippen molar-refractivity contribution in [1.29, 1.82) is 0 Å². The number of methoxy groups -OCH3 is 1. The number of carbonyl (C=O) groups is 3. The number of alkyl carbamates (subject to hydrolysis) is 1. The first-order valence-electron chi connectivity index (χ1n) is 18.3. The van der Waals surface area contributed by atoms with Crippen LogP contribution in [0.1, 0.15) is 93.4 Å². The van der Waals surface area contributed by atoms with E-state index < -0.39 is 53.1 Å². The standard InChI is InChI=1S/C39H55ClN4O7/c1-10-12-13-14-26-22-15-16-23(19-22)31(26)50-37(47)43-32(38(3,4)5)35(45)44-21-29(25(11-2)30(44)36(46)51-39(6,7)8)49-34-33(40)41-27-18-17-24(48-9)20-28(27)42-34/h10,17-18,20,22-23,25-26,29-32H,1,11-16,19,21H2,2-9H3,(H,43,47)/t22-,23+,25+,26-,29-,30-,31-,32+/m0/s1. The van der Waals surface area contributed by atoms with Crippen molar-refractivity contribution < 1.29 is 33.3 Å².